The molecular weight excluding hydrogens is 304 g/mol. The molecule has 2 aromatic rings. The zero-order valence-electron chi connectivity index (χ0n) is 13.6. The third-order valence-corrected chi connectivity index (χ3v) is 4.04. The Kier molecular flexibility index (Phi) is 5.68. The predicted molar refractivity (Wildman–Crippen MR) is 91.2 cm³/mol. The highest BCUT2D eigenvalue weighted by Crippen LogP contribution is 2.08. The van der Waals surface area contributed by atoms with Crippen LogP contribution in [-0.4, -0.2) is 63.4 Å². The van der Waals surface area contributed by atoms with Gasteiger partial charge in [0, 0.05) is 70.5 Å². The summed E-state index contributed by atoms with van der Waals surface area (Å²) >= 11 is 0. The van der Waals surface area contributed by atoms with Crippen molar-refractivity contribution >= 4 is 11.9 Å². The van der Waals surface area contributed by atoms with Crippen molar-refractivity contribution in [2.75, 3.05) is 38.0 Å². The molecule has 3 heterocycles. The molecule has 24 heavy (non-hydrogen) atoms. The number of aromatic nitrogens is 3. The monoisotopic (exact) mass is 326 g/mol. The number of anilines is 1. The zero-order valence-corrected chi connectivity index (χ0v) is 13.6. The van der Waals surface area contributed by atoms with Crippen LogP contribution in [0, 0.1) is 0 Å². The van der Waals surface area contributed by atoms with Crippen LogP contribution >= 0.6 is 0 Å². The number of carbonyl (C=O) groups is 1. The molecule has 1 amide bonds. The lowest BCUT2D eigenvalue weighted by molar-refractivity contribution is -0.132. The molecule has 0 spiro atoms. The predicted octanol–water partition coefficient (Wildman–Crippen LogP) is 1.02. The topological polar surface area (TPSA) is 74.2 Å². The highest BCUT2D eigenvalue weighted by Gasteiger charge is 2.20. The summed E-state index contributed by atoms with van der Waals surface area (Å²) in [7, 11) is 0. The number of carbonyl (C=O) groups excluding carboxylic acids is 1. The van der Waals surface area contributed by atoms with Gasteiger partial charge in [0.1, 0.15) is 0 Å². The molecule has 0 radical (unpaired) electrons. The Labute approximate surface area is 141 Å². The smallest absolute Gasteiger partial charge is 0.224 e. The van der Waals surface area contributed by atoms with Crippen LogP contribution < -0.4 is 5.32 Å². The number of amides is 1. The Morgan fingerprint density at radius 3 is 2.58 bits per heavy atom. The van der Waals surface area contributed by atoms with E-state index in [0.717, 1.165) is 32.7 Å². The van der Waals surface area contributed by atoms with Crippen molar-refractivity contribution in [2.24, 2.45) is 0 Å². The van der Waals surface area contributed by atoms with Crippen LogP contribution in [-0.2, 0) is 11.3 Å². The number of nitrogens with zero attached hydrogens (tertiary/aromatic N) is 5. The maximum absolute atomic E-state index is 12.3. The maximum Gasteiger partial charge on any atom is 0.224 e. The van der Waals surface area contributed by atoms with Gasteiger partial charge >= 0.3 is 0 Å². The molecule has 126 valence electrons. The van der Waals surface area contributed by atoms with Crippen molar-refractivity contribution in [3.05, 3.63) is 48.5 Å². The second kappa shape index (κ2) is 8.35. The van der Waals surface area contributed by atoms with Gasteiger partial charge in [0.25, 0.3) is 0 Å². The molecule has 0 aromatic carbocycles. The van der Waals surface area contributed by atoms with Gasteiger partial charge in [-0.25, -0.2) is 9.97 Å². The van der Waals surface area contributed by atoms with E-state index < -0.39 is 0 Å². The lowest BCUT2D eigenvalue weighted by atomic mass is 10.2. The minimum absolute atomic E-state index is 0.180. The number of piperazine rings is 1. The quantitative estimate of drug-likeness (QED) is 0.854. The second-order valence-corrected chi connectivity index (χ2v) is 5.77. The molecule has 2 aromatic heterocycles. The normalized spacial score (nSPS) is 15.2. The lowest BCUT2D eigenvalue weighted by Gasteiger charge is -2.34. The van der Waals surface area contributed by atoms with Crippen LogP contribution in [0.5, 0.6) is 0 Å². The van der Waals surface area contributed by atoms with E-state index in [-0.39, 0.29) is 5.91 Å². The van der Waals surface area contributed by atoms with E-state index in [1.807, 2.05) is 17.2 Å². The van der Waals surface area contributed by atoms with E-state index in [1.54, 1.807) is 24.7 Å². The summed E-state index contributed by atoms with van der Waals surface area (Å²) in [5, 5.41) is 3.07. The van der Waals surface area contributed by atoms with Crippen LogP contribution in [0.3, 0.4) is 0 Å². The van der Waals surface area contributed by atoms with E-state index in [9.17, 15) is 4.79 Å². The largest absolute Gasteiger partial charge is 0.354 e. The maximum atomic E-state index is 12.3. The van der Waals surface area contributed by atoms with Crippen molar-refractivity contribution in [1.29, 1.82) is 0 Å². The summed E-state index contributed by atoms with van der Waals surface area (Å²) < 4.78 is 0. The van der Waals surface area contributed by atoms with Gasteiger partial charge in [-0.15, -0.1) is 0 Å². The van der Waals surface area contributed by atoms with Gasteiger partial charge in [0.15, 0.2) is 0 Å². The van der Waals surface area contributed by atoms with Crippen molar-refractivity contribution in [1.82, 2.24) is 24.8 Å². The van der Waals surface area contributed by atoms with Gasteiger partial charge in [-0.3, -0.25) is 14.7 Å². The zero-order chi connectivity index (χ0) is 16.6. The first-order valence-electron chi connectivity index (χ1n) is 8.21. The summed E-state index contributed by atoms with van der Waals surface area (Å²) in [4.78, 5) is 28.9. The van der Waals surface area contributed by atoms with Crippen LogP contribution in [0.4, 0.5) is 5.95 Å². The number of nitrogens with one attached hydrogen (secondary N) is 1. The van der Waals surface area contributed by atoms with E-state index in [2.05, 4.69) is 31.2 Å². The SMILES string of the molecule is O=C(CCNc1ncccn1)N1CCN(Cc2cccnc2)CC1. The molecule has 1 aliphatic heterocycles. The summed E-state index contributed by atoms with van der Waals surface area (Å²) in [5.41, 5.74) is 1.21. The molecular formula is C17H22N6O. The fourth-order valence-electron chi connectivity index (χ4n) is 2.73. The number of hydrogen-bond donors (Lipinski definition) is 1. The minimum atomic E-state index is 0.180. The molecule has 7 heteroatoms. The first-order valence-corrected chi connectivity index (χ1v) is 8.21. The van der Waals surface area contributed by atoms with Crippen LogP contribution in [0.25, 0.3) is 0 Å². The fourth-order valence-corrected chi connectivity index (χ4v) is 2.73. The van der Waals surface area contributed by atoms with Crippen LogP contribution in [0.15, 0.2) is 43.0 Å². The third kappa shape index (κ3) is 4.73. The van der Waals surface area contributed by atoms with Crippen molar-refractivity contribution in [2.45, 2.75) is 13.0 Å². The molecule has 0 atom stereocenters. The molecule has 1 aliphatic rings. The highest BCUT2D eigenvalue weighted by atomic mass is 16.2. The Bertz CT molecular complexity index is 628. The molecule has 3 rings (SSSR count). The molecule has 1 fully saturated rings. The molecule has 0 unspecified atom stereocenters. The van der Waals surface area contributed by atoms with E-state index in [4.69, 9.17) is 0 Å². The van der Waals surface area contributed by atoms with Crippen molar-refractivity contribution in [3.63, 3.8) is 0 Å². The highest BCUT2D eigenvalue weighted by molar-refractivity contribution is 5.76. The van der Waals surface area contributed by atoms with Crippen molar-refractivity contribution < 1.29 is 4.79 Å². The molecule has 0 aliphatic carbocycles. The lowest BCUT2D eigenvalue weighted by Crippen LogP contribution is -2.48. The average Bonchev–Trinajstić information content (AvgIpc) is 2.64. The van der Waals surface area contributed by atoms with Crippen LogP contribution in [0.1, 0.15) is 12.0 Å². The van der Waals surface area contributed by atoms with E-state index in [1.165, 1.54) is 5.56 Å². The van der Waals surface area contributed by atoms with Gasteiger partial charge in [-0.1, -0.05) is 6.07 Å². The fraction of sp³-hybridized carbons (Fsp3) is 0.412. The number of pyridine rings is 1. The summed E-state index contributed by atoms with van der Waals surface area (Å²) in [6, 6.07) is 5.81. The average molecular weight is 326 g/mol. The molecule has 1 N–H and O–H groups in total. The molecule has 0 bridgehead atoms. The summed E-state index contributed by atoms with van der Waals surface area (Å²) in [6.45, 7) is 4.80. The Balaban J connectivity index is 1.37. The second-order valence-electron chi connectivity index (χ2n) is 5.77. The Morgan fingerprint density at radius 2 is 1.88 bits per heavy atom. The first kappa shape index (κ1) is 16.3. The summed E-state index contributed by atoms with van der Waals surface area (Å²) in [6.07, 6.45) is 7.50. The number of hydrogen-bond acceptors (Lipinski definition) is 6. The summed E-state index contributed by atoms with van der Waals surface area (Å²) in [5.74, 6) is 0.742. The Hall–Kier alpha value is -2.54. The van der Waals surface area contributed by atoms with Crippen molar-refractivity contribution in [3.8, 4) is 0 Å². The van der Waals surface area contributed by atoms with Gasteiger partial charge in [-0.2, -0.15) is 0 Å². The third-order valence-electron chi connectivity index (χ3n) is 4.04. The van der Waals surface area contributed by atoms with Gasteiger partial charge in [0.05, 0.1) is 0 Å². The van der Waals surface area contributed by atoms with Gasteiger partial charge in [0.2, 0.25) is 11.9 Å². The first-order chi connectivity index (χ1) is 11.8. The molecule has 0 saturated carbocycles. The Morgan fingerprint density at radius 1 is 1.08 bits per heavy atom. The van der Waals surface area contributed by atoms with Crippen LogP contribution in [0.2, 0.25) is 0 Å². The van der Waals surface area contributed by atoms with E-state index in [0.29, 0.717) is 18.9 Å². The molecule has 1 saturated heterocycles. The minimum Gasteiger partial charge on any atom is -0.354 e. The van der Waals surface area contributed by atoms with Gasteiger partial charge < -0.3 is 10.2 Å². The number of rotatable bonds is 6. The van der Waals surface area contributed by atoms with Gasteiger partial charge in [-0.05, 0) is 17.7 Å². The standard InChI is InChI=1S/C17H22N6O/c24-16(4-8-21-17-19-6-2-7-20-17)23-11-9-22(10-12-23)14-15-3-1-5-18-13-15/h1-3,5-7,13H,4,8-12,14H2,(H,19,20,21). The van der Waals surface area contributed by atoms with E-state index >= 15 is 0 Å². The molecule has 7 nitrogen and oxygen atoms in total.